The summed E-state index contributed by atoms with van der Waals surface area (Å²) in [6.07, 6.45) is 13.2. The van der Waals surface area contributed by atoms with Gasteiger partial charge in [0.1, 0.15) is 16.5 Å². The van der Waals surface area contributed by atoms with Gasteiger partial charge >= 0.3 is 0 Å². The van der Waals surface area contributed by atoms with Gasteiger partial charge in [-0.25, -0.2) is 9.97 Å². The van der Waals surface area contributed by atoms with Gasteiger partial charge in [0.25, 0.3) is 0 Å². The third-order valence-corrected chi connectivity index (χ3v) is 5.16. The molecule has 3 rings (SSSR count). The summed E-state index contributed by atoms with van der Waals surface area (Å²) in [6.45, 7) is 2.20. The summed E-state index contributed by atoms with van der Waals surface area (Å²) in [5, 5.41) is 0. The van der Waals surface area contributed by atoms with Gasteiger partial charge in [0, 0.05) is 13.1 Å². The van der Waals surface area contributed by atoms with Crippen LogP contribution in [0, 0.1) is 5.41 Å². The molecular weight excluding hydrogens is 268 g/mol. The van der Waals surface area contributed by atoms with Crippen LogP contribution in [0.15, 0.2) is 12.4 Å². The van der Waals surface area contributed by atoms with Gasteiger partial charge in [-0.2, -0.15) is 0 Å². The average Bonchev–Trinajstić information content (AvgIpc) is 2.49. The summed E-state index contributed by atoms with van der Waals surface area (Å²) in [5.41, 5.74) is 6.78. The first kappa shape index (κ1) is 13.7. The Morgan fingerprint density at radius 1 is 1.05 bits per heavy atom. The molecule has 5 heteroatoms. The summed E-state index contributed by atoms with van der Waals surface area (Å²) < 4.78 is 0. The lowest BCUT2D eigenvalue weighted by Crippen LogP contribution is -2.41. The highest BCUT2D eigenvalue weighted by atomic mass is 32.1. The molecular formula is C15H22N4S. The summed E-state index contributed by atoms with van der Waals surface area (Å²) in [7, 11) is 0. The van der Waals surface area contributed by atoms with Crippen LogP contribution in [0.1, 0.15) is 50.6 Å². The third-order valence-electron chi connectivity index (χ3n) is 4.95. The highest BCUT2D eigenvalue weighted by Crippen LogP contribution is 2.44. The van der Waals surface area contributed by atoms with Crippen LogP contribution in [0.4, 0.5) is 5.82 Å². The number of anilines is 1. The van der Waals surface area contributed by atoms with E-state index in [9.17, 15) is 0 Å². The minimum absolute atomic E-state index is 0.309. The first-order valence-electron chi connectivity index (χ1n) is 7.55. The van der Waals surface area contributed by atoms with E-state index in [0.29, 0.717) is 16.1 Å². The fourth-order valence-corrected chi connectivity index (χ4v) is 3.73. The van der Waals surface area contributed by atoms with Gasteiger partial charge in [-0.15, -0.1) is 0 Å². The van der Waals surface area contributed by atoms with Crippen LogP contribution >= 0.6 is 12.2 Å². The SMILES string of the molecule is NC(=S)c1cnc(N2CCC3(CCCCC3)CC2)cn1. The van der Waals surface area contributed by atoms with Crippen molar-refractivity contribution in [1.82, 2.24) is 9.97 Å². The molecule has 2 N–H and O–H groups in total. The standard InChI is InChI=1S/C15H22N4S/c16-14(20)12-10-18-13(11-17-12)19-8-6-15(7-9-19)4-2-1-3-5-15/h10-11H,1-9H2,(H2,16,20). The van der Waals surface area contributed by atoms with Gasteiger partial charge in [0.2, 0.25) is 0 Å². The maximum absolute atomic E-state index is 5.55. The molecule has 1 aliphatic carbocycles. The zero-order valence-corrected chi connectivity index (χ0v) is 12.7. The summed E-state index contributed by atoms with van der Waals surface area (Å²) in [6, 6.07) is 0. The number of hydrogen-bond acceptors (Lipinski definition) is 4. The Morgan fingerprint density at radius 2 is 1.75 bits per heavy atom. The summed E-state index contributed by atoms with van der Waals surface area (Å²) in [4.78, 5) is 11.4. The summed E-state index contributed by atoms with van der Waals surface area (Å²) >= 11 is 4.90. The highest BCUT2D eigenvalue weighted by Gasteiger charge is 2.35. The number of thiocarbonyl (C=S) groups is 1. The van der Waals surface area contributed by atoms with Crippen molar-refractivity contribution >= 4 is 23.0 Å². The molecule has 0 unspecified atom stereocenters. The van der Waals surface area contributed by atoms with Crippen molar-refractivity contribution in [2.45, 2.75) is 44.9 Å². The Kier molecular flexibility index (Phi) is 3.87. The Hall–Kier alpha value is -1.23. The van der Waals surface area contributed by atoms with E-state index in [2.05, 4.69) is 14.9 Å². The molecule has 4 nitrogen and oxygen atoms in total. The zero-order chi connectivity index (χ0) is 14.0. The molecule has 2 heterocycles. The Bertz CT molecular complexity index is 469. The van der Waals surface area contributed by atoms with Crippen LogP contribution in [-0.2, 0) is 0 Å². The first-order chi connectivity index (χ1) is 9.69. The lowest BCUT2D eigenvalue weighted by atomic mass is 9.68. The molecule has 2 fully saturated rings. The Balaban J connectivity index is 1.64. The Labute approximate surface area is 125 Å². The molecule has 1 spiro atoms. The van der Waals surface area contributed by atoms with Gasteiger partial charge in [-0.3, -0.25) is 0 Å². The average molecular weight is 290 g/mol. The number of rotatable bonds is 2. The van der Waals surface area contributed by atoms with E-state index < -0.39 is 0 Å². The molecule has 0 atom stereocenters. The van der Waals surface area contributed by atoms with Crippen molar-refractivity contribution in [3.8, 4) is 0 Å². The second-order valence-electron chi connectivity index (χ2n) is 6.17. The second-order valence-corrected chi connectivity index (χ2v) is 6.61. The van der Waals surface area contributed by atoms with Gasteiger partial charge in [-0.1, -0.05) is 31.5 Å². The number of hydrogen-bond donors (Lipinski definition) is 1. The van der Waals surface area contributed by atoms with E-state index in [-0.39, 0.29) is 0 Å². The topological polar surface area (TPSA) is 55.0 Å². The normalized spacial score (nSPS) is 21.9. The number of aromatic nitrogens is 2. The fraction of sp³-hybridized carbons (Fsp3) is 0.667. The van der Waals surface area contributed by atoms with Crippen LogP contribution < -0.4 is 10.6 Å². The van der Waals surface area contributed by atoms with Crippen molar-refractivity contribution in [3.63, 3.8) is 0 Å². The largest absolute Gasteiger partial charge is 0.388 e. The van der Waals surface area contributed by atoms with E-state index in [4.69, 9.17) is 18.0 Å². The first-order valence-corrected chi connectivity index (χ1v) is 7.96. The third kappa shape index (κ3) is 2.77. The maximum atomic E-state index is 5.55. The van der Waals surface area contributed by atoms with Crippen molar-refractivity contribution in [2.24, 2.45) is 11.1 Å². The smallest absolute Gasteiger partial charge is 0.147 e. The van der Waals surface area contributed by atoms with E-state index in [0.717, 1.165) is 18.9 Å². The molecule has 1 saturated heterocycles. The van der Waals surface area contributed by atoms with Crippen LogP contribution in [0.5, 0.6) is 0 Å². The summed E-state index contributed by atoms with van der Waals surface area (Å²) in [5.74, 6) is 0.954. The van der Waals surface area contributed by atoms with E-state index >= 15 is 0 Å². The monoisotopic (exact) mass is 290 g/mol. The Morgan fingerprint density at radius 3 is 2.30 bits per heavy atom. The van der Waals surface area contributed by atoms with Gasteiger partial charge < -0.3 is 10.6 Å². The van der Waals surface area contributed by atoms with Crippen molar-refractivity contribution < 1.29 is 0 Å². The van der Waals surface area contributed by atoms with Crippen LogP contribution in [0.2, 0.25) is 0 Å². The minimum Gasteiger partial charge on any atom is -0.388 e. The van der Waals surface area contributed by atoms with Crippen molar-refractivity contribution in [2.75, 3.05) is 18.0 Å². The molecule has 20 heavy (non-hydrogen) atoms. The quantitative estimate of drug-likeness (QED) is 0.849. The van der Waals surface area contributed by atoms with E-state index in [1.807, 2.05) is 0 Å². The van der Waals surface area contributed by atoms with E-state index in [1.165, 1.54) is 44.9 Å². The number of nitrogens with zero attached hydrogens (tertiary/aromatic N) is 3. The van der Waals surface area contributed by atoms with Crippen molar-refractivity contribution in [3.05, 3.63) is 18.1 Å². The van der Waals surface area contributed by atoms with Gasteiger partial charge in [0.15, 0.2) is 0 Å². The second kappa shape index (κ2) is 5.64. The molecule has 0 aromatic carbocycles. The molecule has 0 radical (unpaired) electrons. The molecule has 0 bridgehead atoms. The minimum atomic E-state index is 0.309. The van der Waals surface area contributed by atoms with Crippen LogP contribution in [0.25, 0.3) is 0 Å². The number of piperidine rings is 1. The highest BCUT2D eigenvalue weighted by molar-refractivity contribution is 7.80. The predicted molar refractivity (Wildman–Crippen MR) is 84.9 cm³/mol. The lowest BCUT2D eigenvalue weighted by Gasteiger charge is -2.44. The van der Waals surface area contributed by atoms with Crippen LogP contribution in [0.3, 0.4) is 0 Å². The molecule has 108 valence electrons. The molecule has 1 aromatic rings. The van der Waals surface area contributed by atoms with Gasteiger partial charge in [0.05, 0.1) is 12.4 Å². The lowest BCUT2D eigenvalue weighted by molar-refractivity contribution is 0.144. The van der Waals surface area contributed by atoms with E-state index in [1.54, 1.807) is 12.4 Å². The molecule has 0 amide bonds. The molecule has 1 aliphatic heterocycles. The maximum Gasteiger partial charge on any atom is 0.147 e. The van der Waals surface area contributed by atoms with Gasteiger partial charge in [-0.05, 0) is 31.1 Å². The zero-order valence-electron chi connectivity index (χ0n) is 11.8. The fourth-order valence-electron chi connectivity index (χ4n) is 3.62. The van der Waals surface area contributed by atoms with Crippen molar-refractivity contribution in [1.29, 1.82) is 0 Å². The molecule has 1 aromatic heterocycles. The predicted octanol–water partition coefficient (Wildman–Crippen LogP) is 2.66. The molecule has 2 aliphatic rings. The van der Waals surface area contributed by atoms with Crippen LogP contribution in [-0.4, -0.2) is 28.0 Å². The number of nitrogens with two attached hydrogens (primary N) is 1. The molecule has 1 saturated carbocycles.